The number of pyridine rings is 1. The van der Waals surface area contributed by atoms with Gasteiger partial charge in [0.15, 0.2) is 5.78 Å². The van der Waals surface area contributed by atoms with Crippen molar-refractivity contribution in [1.82, 2.24) is 10.3 Å². The molecule has 4 nitrogen and oxygen atoms in total. The second-order valence-electron chi connectivity index (χ2n) is 9.31. The number of alkyl halides is 3. The summed E-state index contributed by atoms with van der Waals surface area (Å²) >= 11 is 0. The number of amides is 1. The molecule has 1 N–H and O–H groups in total. The van der Waals surface area contributed by atoms with Crippen LogP contribution in [0.3, 0.4) is 0 Å². The van der Waals surface area contributed by atoms with Gasteiger partial charge in [-0.1, -0.05) is 56.7 Å². The minimum Gasteiger partial charge on any atom is -0.352 e. The van der Waals surface area contributed by atoms with Crippen molar-refractivity contribution in [2.75, 3.05) is 6.54 Å². The molecule has 0 atom stereocenters. The normalized spacial score (nSPS) is 11.5. The van der Waals surface area contributed by atoms with Gasteiger partial charge in [0, 0.05) is 30.1 Å². The van der Waals surface area contributed by atoms with E-state index in [2.05, 4.69) is 10.3 Å². The smallest absolute Gasteiger partial charge is 0.352 e. The lowest BCUT2D eigenvalue weighted by atomic mass is 9.90. The lowest BCUT2D eigenvalue weighted by molar-refractivity contribution is -0.137. The molecule has 8 heteroatoms. The van der Waals surface area contributed by atoms with Crippen molar-refractivity contribution in [3.05, 3.63) is 100 Å². The van der Waals surface area contributed by atoms with E-state index < -0.39 is 23.5 Å². The van der Waals surface area contributed by atoms with E-state index >= 15 is 4.39 Å². The first-order valence-corrected chi connectivity index (χ1v) is 12.8. The van der Waals surface area contributed by atoms with E-state index in [9.17, 15) is 22.8 Å². The number of rotatable bonds is 9. The third kappa shape index (κ3) is 6.16. The number of benzene rings is 3. The maximum Gasteiger partial charge on any atom is 0.417 e. The number of ketones is 1. The summed E-state index contributed by atoms with van der Waals surface area (Å²) in [6.07, 6.45) is -1.35. The second kappa shape index (κ2) is 11.8. The number of aromatic nitrogens is 1. The monoisotopic (exact) mass is 536 g/mol. The third-order valence-electron chi connectivity index (χ3n) is 6.61. The molecule has 0 fully saturated rings. The summed E-state index contributed by atoms with van der Waals surface area (Å²) in [6.45, 7) is 4.03. The molecule has 0 unspecified atom stereocenters. The predicted molar refractivity (Wildman–Crippen MR) is 143 cm³/mol. The molecule has 0 aliphatic rings. The first-order valence-electron chi connectivity index (χ1n) is 12.8. The summed E-state index contributed by atoms with van der Waals surface area (Å²) in [6, 6.07) is 15.0. The average Bonchev–Trinajstić information content (AvgIpc) is 2.92. The highest BCUT2D eigenvalue weighted by atomic mass is 19.4. The lowest BCUT2D eigenvalue weighted by Crippen LogP contribution is -2.25. The fourth-order valence-corrected chi connectivity index (χ4v) is 4.53. The molecular weight excluding hydrogens is 508 g/mol. The molecule has 3 aromatic carbocycles. The molecule has 0 saturated heterocycles. The summed E-state index contributed by atoms with van der Waals surface area (Å²) < 4.78 is 57.7. The summed E-state index contributed by atoms with van der Waals surface area (Å²) in [5, 5.41) is 2.99. The van der Waals surface area contributed by atoms with Crippen molar-refractivity contribution in [1.29, 1.82) is 0 Å². The number of nitrogens with one attached hydrogen (secondary N) is 1. The molecule has 0 saturated carbocycles. The second-order valence-corrected chi connectivity index (χ2v) is 9.31. The highest BCUT2D eigenvalue weighted by Crippen LogP contribution is 2.41. The Hall–Kier alpha value is -4.07. The van der Waals surface area contributed by atoms with Crippen LogP contribution in [0.25, 0.3) is 22.0 Å². The first kappa shape index (κ1) is 28.0. The van der Waals surface area contributed by atoms with Crippen LogP contribution < -0.4 is 5.32 Å². The zero-order valence-electron chi connectivity index (χ0n) is 21.7. The first-order chi connectivity index (χ1) is 18.6. The van der Waals surface area contributed by atoms with Gasteiger partial charge in [0.2, 0.25) is 0 Å². The van der Waals surface area contributed by atoms with E-state index in [1.54, 1.807) is 6.92 Å². The van der Waals surface area contributed by atoms with Gasteiger partial charge in [0.25, 0.3) is 5.91 Å². The van der Waals surface area contributed by atoms with E-state index in [0.717, 1.165) is 30.5 Å². The van der Waals surface area contributed by atoms with E-state index in [0.29, 0.717) is 29.5 Å². The zero-order valence-corrected chi connectivity index (χ0v) is 21.7. The van der Waals surface area contributed by atoms with Gasteiger partial charge >= 0.3 is 6.18 Å². The Balaban J connectivity index is 1.91. The van der Waals surface area contributed by atoms with Crippen LogP contribution in [0, 0.1) is 5.82 Å². The predicted octanol–water partition coefficient (Wildman–Crippen LogP) is 7.77. The number of halogens is 4. The molecular formula is C31H28F4N2O2. The maximum absolute atomic E-state index is 15.0. The number of hydrogen-bond acceptors (Lipinski definition) is 3. The Morgan fingerprint density at radius 2 is 1.69 bits per heavy atom. The van der Waals surface area contributed by atoms with Crippen molar-refractivity contribution >= 4 is 22.6 Å². The molecule has 1 heterocycles. The van der Waals surface area contributed by atoms with Gasteiger partial charge in [-0.05, 0) is 59.4 Å². The van der Waals surface area contributed by atoms with Gasteiger partial charge in [0.05, 0.1) is 16.6 Å². The number of fused-ring (bicyclic) bond motifs is 1. The van der Waals surface area contributed by atoms with Crippen molar-refractivity contribution in [3.63, 3.8) is 0 Å². The molecule has 0 radical (unpaired) electrons. The fraction of sp³-hybridized carbons (Fsp3) is 0.258. The largest absolute Gasteiger partial charge is 0.417 e. The molecule has 1 amide bonds. The van der Waals surface area contributed by atoms with Gasteiger partial charge < -0.3 is 5.32 Å². The summed E-state index contributed by atoms with van der Waals surface area (Å²) in [5.74, 6) is -1.73. The molecule has 0 aliphatic carbocycles. The van der Waals surface area contributed by atoms with E-state index in [-0.39, 0.29) is 34.4 Å². The van der Waals surface area contributed by atoms with Crippen LogP contribution in [-0.2, 0) is 12.6 Å². The van der Waals surface area contributed by atoms with Gasteiger partial charge in [-0.25, -0.2) is 4.39 Å². The van der Waals surface area contributed by atoms with Crippen LogP contribution in [0.5, 0.6) is 0 Å². The summed E-state index contributed by atoms with van der Waals surface area (Å²) in [7, 11) is 0. The Morgan fingerprint density at radius 1 is 0.949 bits per heavy atom. The topological polar surface area (TPSA) is 59.1 Å². The lowest BCUT2D eigenvalue weighted by Gasteiger charge is -2.18. The minimum absolute atomic E-state index is 0.0373. The number of carbonyl (C=O) groups excluding carboxylic acids is 2. The minimum atomic E-state index is -4.75. The van der Waals surface area contributed by atoms with Crippen molar-refractivity contribution in [3.8, 4) is 11.1 Å². The van der Waals surface area contributed by atoms with Crippen molar-refractivity contribution < 1.29 is 27.2 Å². The van der Waals surface area contributed by atoms with Crippen LogP contribution in [-0.4, -0.2) is 23.2 Å². The Labute approximate surface area is 224 Å². The highest BCUT2D eigenvalue weighted by Gasteiger charge is 2.35. The summed E-state index contributed by atoms with van der Waals surface area (Å²) in [5.41, 5.74) is 0.325. The standard InChI is InChI=1S/C31H28F4N2O2/c1-3-5-13-36-30(39)21-12-11-20(15-27(21)32)22-16-24-23(14-19-9-7-6-8-10-19)25(29(38)4-2)18-37-28(24)17-26(22)31(33,34)35/h6-12,15-18H,3-5,13-14H2,1-2H3,(H,36,39). The molecule has 1 aromatic heterocycles. The van der Waals surface area contributed by atoms with Crippen molar-refractivity contribution in [2.45, 2.75) is 45.7 Å². The molecule has 0 bridgehead atoms. The van der Waals surface area contributed by atoms with Crippen LogP contribution >= 0.6 is 0 Å². The third-order valence-corrected chi connectivity index (χ3v) is 6.61. The molecule has 202 valence electrons. The molecule has 4 aromatic rings. The molecule has 4 rings (SSSR count). The maximum atomic E-state index is 15.0. The number of nitrogens with zero attached hydrogens (tertiary/aromatic N) is 1. The number of unbranched alkanes of at least 4 members (excludes halogenated alkanes) is 1. The Kier molecular flexibility index (Phi) is 8.43. The molecule has 0 aliphatic heterocycles. The van der Waals surface area contributed by atoms with E-state index in [1.165, 1.54) is 24.4 Å². The van der Waals surface area contributed by atoms with Gasteiger partial charge in [0.1, 0.15) is 5.82 Å². The highest BCUT2D eigenvalue weighted by molar-refractivity contribution is 6.02. The van der Waals surface area contributed by atoms with Crippen LogP contribution in [0.4, 0.5) is 17.6 Å². The quantitative estimate of drug-likeness (QED) is 0.135. The van der Waals surface area contributed by atoms with Crippen LogP contribution in [0.2, 0.25) is 0 Å². The average molecular weight is 537 g/mol. The van der Waals surface area contributed by atoms with Gasteiger partial charge in [-0.15, -0.1) is 0 Å². The molecule has 39 heavy (non-hydrogen) atoms. The van der Waals surface area contributed by atoms with Crippen LogP contribution in [0.15, 0.2) is 66.9 Å². The van der Waals surface area contributed by atoms with Gasteiger partial charge in [-0.2, -0.15) is 13.2 Å². The number of carbonyl (C=O) groups is 2. The number of Topliss-reactive ketones (excluding diaryl/α,β-unsaturated/α-hetero) is 1. The van der Waals surface area contributed by atoms with Gasteiger partial charge in [-0.3, -0.25) is 14.6 Å². The zero-order chi connectivity index (χ0) is 28.2. The Morgan fingerprint density at radius 3 is 2.33 bits per heavy atom. The number of hydrogen-bond donors (Lipinski definition) is 1. The Bertz CT molecular complexity index is 1520. The van der Waals surface area contributed by atoms with Crippen LogP contribution in [0.1, 0.15) is 70.5 Å². The van der Waals surface area contributed by atoms with Crippen molar-refractivity contribution in [2.24, 2.45) is 0 Å². The molecule has 0 spiro atoms. The van der Waals surface area contributed by atoms with E-state index in [4.69, 9.17) is 0 Å². The van der Waals surface area contributed by atoms with E-state index in [1.807, 2.05) is 37.3 Å². The SMILES string of the molecule is CCCCNC(=O)c1ccc(-c2cc3c(Cc4ccccc4)c(C(=O)CC)cnc3cc2C(F)(F)F)cc1F. The summed E-state index contributed by atoms with van der Waals surface area (Å²) in [4.78, 5) is 29.4. The fourth-order valence-electron chi connectivity index (χ4n) is 4.53.